The number of sulfonamides is 1. The predicted molar refractivity (Wildman–Crippen MR) is 130 cm³/mol. The lowest BCUT2D eigenvalue weighted by molar-refractivity contribution is 0.414. The molecule has 0 unspecified atom stereocenters. The molecule has 1 fully saturated rings. The Morgan fingerprint density at radius 2 is 1.82 bits per heavy atom. The third-order valence-corrected chi connectivity index (χ3v) is 7.14. The van der Waals surface area contributed by atoms with Crippen LogP contribution >= 0.6 is 0 Å². The van der Waals surface area contributed by atoms with Crippen LogP contribution < -0.4 is 19.7 Å². The number of piperidine rings is 1. The lowest BCUT2D eigenvalue weighted by Crippen LogP contribution is -2.44. The van der Waals surface area contributed by atoms with Gasteiger partial charge < -0.3 is 15.0 Å². The first-order valence-electron chi connectivity index (χ1n) is 10.9. The van der Waals surface area contributed by atoms with Crippen LogP contribution in [-0.2, 0) is 10.0 Å². The second kappa shape index (κ2) is 10.1. The number of anilines is 3. The molecule has 2 aromatic carbocycles. The number of hydrogen-bond acceptors (Lipinski definition) is 8. The Morgan fingerprint density at radius 1 is 1.09 bits per heavy atom. The standard InChI is InChI=1S/C24H26N6O3S/c1-17-14-23(28-24(26-17)27-20-5-3-4-18(15-20)16-25)30-12-10-19(11-13-30)29-34(31,32)22-8-6-21(33-2)7-9-22/h3-9,14-15,19,29H,10-13H2,1-2H3,(H,26,27,28). The zero-order chi connectivity index (χ0) is 24.1. The fourth-order valence-electron chi connectivity index (χ4n) is 3.83. The van der Waals surface area contributed by atoms with E-state index in [0.29, 0.717) is 43.2 Å². The molecule has 34 heavy (non-hydrogen) atoms. The molecule has 4 rings (SSSR count). The third-order valence-electron chi connectivity index (χ3n) is 5.60. The zero-order valence-corrected chi connectivity index (χ0v) is 19.8. The van der Waals surface area contributed by atoms with Crippen molar-refractivity contribution in [1.29, 1.82) is 5.26 Å². The fourth-order valence-corrected chi connectivity index (χ4v) is 5.14. The van der Waals surface area contributed by atoms with Gasteiger partial charge in [-0.1, -0.05) is 6.07 Å². The highest BCUT2D eigenvalue weighted by Gasteiger charge is 2.25. The first-order valence-corrected chi connectivity index (χ1v) is 12.4. The second-order valence-corrected chi connectivity index (χ2v) is 9.78. The number of methoxy groups -OCH3 is 1. The van der Waals surface area contributed by atoms with Gasteiger partial charge in [-0.05, 0) is 62.2 Å². The summed E-state index contributed by atoms with van der Waals surface area (Å²) in [4.78, 5) is 11.4. The molecule has 0 amide bonds. The monoisotopic (exact) mass is 478 g/mol. The summed E-state index contributed by atoms with van der Waals surface area (Å²) in [6, 6.07) is 17.4. The van der Waals surface area contributed by atoms with Crippen LogP contribution in [0.3, 0.4) is 0 Å². The minimum Gasteiger partial charge on any atom is -0.497 e. The molecular formula is C24H26N6O3S. The summed E-state index contributed by atoms with van der Waals surface area (Å²) in [5, 5.41) is 12.3. The second-order valence-electron chi connectivity index (χ2n) is 8.07. The summed E-state index contributed by atoms with van der Waals surface area (Å²) >= 11 is 0. The molecule has 1 aromatic heterocycles. The average molecular weight is 479 g/mol. The number of ether oxygens (including phenoxy) is 1. The van der Waals surface area contributed by atoms with Gasteiger partial charge in [0.1, 0.15) is 11.6 Å². The van der Waals surface area contributed by atoms with Crippen LogP contribution in [0.1, 0.15) is 24.1 Å². The number of aromatic nitrogens is 2. The molecule has 176 valence electrons. The summed E-state index contributed by atoms with van der Waals surface area (Å²) in [6.45, 7) is 3.23. The van der Waals surface area contributed by atoms with Crippen molar-refractivity contribution < 1.29 is 13.2 Å². The van der Waals surface area contributed by atoms with Gasteiger partial charge in [-0.2, -0.15) is 10.2 Å². The maximum Gasteiger partial charge on any atom is 0.240 e. The van der Waals surface area contributed by atoms with Crippen LogP contribution in [0.4, 0.5) is 17.5 Å². The van der Waals surface area contributed by atoms with Crippen LogP contribution in [0.25, 0.3) is 0 Å². The van der Waals surface area contributed by atoms with E-state index in [0.717, 1.165) is 17.2 Å². The zero-order valence-electron chi connectivity index (χ0n) is 19.0. The minimum atomic E-state index is -3.60. The Bertz CT molecular complexity index is 1300. The lowest BCUT2D eigenvalue weighted by atomic mass is 10.1. The highest BCUT2D eigenvalue weighted by Crippen LogP contribution is 2.23. The Labute approximate surface area is 199 Å². The molecular weight excluding hydrogens is 452 g/mol. The van der Waals surface area contributed by atoms with Gasteiger partial charge in [0.2, 0.25) is 16.0 Å². The molecule has 0 spiro atoms. The smallest absolute Gasteiger partial charge is 0.240 e. The van der Waals surface area contributed by atoms with Gasteiger partial charge in [0.15, 0.2) is 0 Å². The topological polar surface area (TPSA) is 120 Å². The summed E-state index contributed by atoms with van der Waals surface area (Å²) in [6.07, 6.45) is 1.32. The van der Waals surface area contributed by atoms with Gasteiger partial charge in [0.05, 0.1) is 23.6 Å². The number of aryl methyl sites for hydroxylation is 1. The van der Waals surface area contributed by atoms with Gasteiger partial charge in [0.25, 0.3) is 0 Å². The molecule has 2 N–H and O–H groups in total. The number of benzene rings is 2. The number of nitrogens with one attached hydrogen (secondary N) is 2. The summed E-state index contributed by atoms with van der Waals surface area (Å²) in [7, 11) is -2.06. The maximum atomic E-state index is 12.7. The highest BCUT2D eigenvalue weighted by atomic mass is 32.2. The number of rotatable bonds is 7. The molecule has 0 atom stereocenters. The Morgan fingerprint density at radius 3 is 2.50 bits per heavy atom. The van der Waals surface area contributed by atoms with E-state index < -0.39 is 10.0 Å². The average Bonchev–Trinajstić information content (AvgIpc) is 2.84. The van der Waals surface area contributed by atoms with Crippen LogP contribution in [0, 0.1) is 18.3 Å². The van der Waals surface area contributed by atoms with Crippen LogP contribution in [0.15, 0.2) is 59.5 Å². The number of nitriles is 1. The third kappa shape index (κ3) is 5.62. The van der Waals surface area contributed by atoms with Crippen molar-refractivity contribution in [2.75, 3.05) is 30.4 Å². The highest BCUT2D eigenvalue weighted by molar-refractivity contribution is 7.89. The molecule has 1 saturated heterocycles. The fraction of sp³-hybridized carbons (Fsp3) is 0.292. The Balaban J connectivity index is 1.40. The normalized spacial score (nSPS) is 14.4. The van der Waals surface area contributed by atoms with Crippen molar-refractivity contribution in [2.45, 2.75) is 30.7 Å². The van der Waals surface area contributed by atoms with E-state index in [1.54, 1.807) is 49.6 Å². The van der Waals surface area contributed by atoms with Crippen molar-refractivity contribution in [3.8, 4) is 11.8 Å². The summed E-state index contributed by atoms with van der Waals surface area (Å²) < 4.78 is 33.4. The molecule has 1 aliphatic rings. The Hall–Kier alpha value is -3.68. The summed E-state index contributed by atoms with van der Waals surface area (Å²) in [5.41, 5.74) is 2.10. The van der Waals surface area contributed by atoms with E-state index in [-0.39, 0.29) is 10.9 Å². The molecule has 3 aromatic rings. The van der Waals surface area contributed by atoms with E-state index in [9.17, 15) is 8.42 Å². The van der Waals surface area contributed by atoms with E-state index >= 15 is 0 Å². The lowest BCUT2D eigenvalue weighted by Gasteiger charge is -2.33. The van der Waals surface area contributed by atoms with E-state index in [4.69, 9.17) is 10.00 Å². The molecule has 2 heterocycles. The largest absolute Gasteiger partial charge is 0.497 e. The first kappa shape index (κ1) is 23.5. The maximum absolute atomic E-state index is 12.7. The van der Waals surface area contributed by atoms with E-state index in [1.807, 2.05) is 19.1 Å². The van der Waals surface area contributed by atoms with E-state index in [2.05, 4.69) is 31.0 Å². The minimum absolute atomic E-state index is 0.155. The van der Waals surface area contributed by atoms with Crippen LogP contribution in [0.2, 0.25) is 0 Å². The van der Waals surface area contributed by atoms with Gasteiger partial charge in [-0.25, -0.2) is 18.1 Å². The van der Waals surface area contributed by atoms with Crippen molar-refractivity contribution in [3.63, 3.8) is 0 Å². The molecule has 0 bridgehead atoms. The molecule has 0 radical (unpaired) electrons. The molecule has 0 aliphatic carbocycles. The predicted octanol–water partition coefficient (Wildman–Crippen LogP) is 3.36. The molecule has 9 nitrogen and oxygen atoms in total. The quantitative estimate of drug-likeness (QED) is 0.530. The van der Waals surface area contributed by atoms with Gasteiger partial charge in [-0.3, -0.25) is 0 Å². The van der Waals surface area contributed by atoms with Crippen molar-refractivity contribution >= 4 is 27.5 Å². The summed E-state index contributed by atoms with van der Waals surface area (Å²) in [5.74, 6) is 1.84. The van der Waals surface area contributed by atoms with Crippen LogP contribution in [-0.4, -0.2) is 44.6 Å². The Kier molecular flexibility index (Phi) is 6.95. The molecule has 1 aliphatic heterocycles. The van der Waals surface area contributed by atoms with Gasteiger partial charge >= 0.3 is 0 Å². The van der Waals surface area contributed by atoms with Crippen molar-refractivity contribution in [3.05, 3.63) is 65.9 Å². The van der Waals surface area contributed by atoms with Gasteiger partial charge in [0, 0.05) is 36.6 Å². The number of hydrogen-bond donors (Lipinski definition) is 2. The van der Waals surface area contributed by atoms with Gasteiger partial charge in [-0.15, -0.1) is 0 Å². The van der Waals surface area contributed by atoms with E-state index in [1.165, 1.54) is 0 Å². The first-order chi connectivity index (χ1) is 16.4. The van der Waals surface area contributed by atoms with Crippen molar-refractivity contribution in [1.82, 2.24) is 14.7 Å². The van der Waals surface area contributed by atoms with Crippen molar-refractivity contribution in [2.24, 2.45) is 0 Å². The molecule has 10 heteroatoms. The SMILES string of the molecule is COc1ccc(S(=O)(=O)NC2CCN(c3cc(C)nc(Nc4cccc(C#N)c4)n3)CC2)cc1. The molecule has 0 saturated carbocycles. The number of nitrogens with zero attached hydrogens (tertiary/aromatic N) is 4. The van der Waals surface area contributed by atoms with Crippen LogP contribution in [0.5, 0.6) is 5.75 Å².